The molecule has 0 spiro atoms. The minimum atomic E-state index is -4.56. The SMILES string of the molecule is COc1cc(-n2cnc3cc(B(O)O)ccc32)cc(OC)c1C(=O)NCC(F)(F)F. The number of hydrogen-bond acceptors (Lipinski definition) is 6. The molecular formula is C18H17BF3N3O5. The number of alkyl halides is 3. The first-order valence-corrected chi connectivity index (χ1v) is 8.59. The van der Waals surface area contributed by atoms with Crippen molar-refractivity contribution in [2.24, 2.45) is 0 Å². The summed E-state index contributed by atoms with van der Waals surface area (Å²) < 4.78 is 49.4. The molecule has 0 bridgehead atoms. The zero-order valence-corrected chi connectivity index (χ0v) is 15.9. The van der Waals surface area contributed by atoms with Gasteiger partial charge in [-0.2, -0.15) is 13.2 Å². The van der Waals surface area contributed by atoms with Crippen molar-refractivity contribution in [2.75, 3.05) is 20.8 Å². The van der Waals surface area contributed by atoms with E-state index in [4.69, 9.17) is 9.47 Å². The van der Waals surface area contributed by atoms with Crippen molar-refractivity contribution in [1.82, 2.24) is 14.9 Å². The van der Waals surface area contributed by atoms with Crippen LogP contribution in [0.5, 0.6) is 11.5 Å². The maximum atomic E-state index is 12.5. The maximum absolute atomic E-state index is 12.5. The summed E-state index contributed by atoms with van der Waals surface area (Å²) in [6.45, 7) is -1.49. The van der Waals surface area contributed by atoms with Crippen LogP contribution in [0.3, 0.4) is 0 Å². The number of methoxy groups -OCH3 is 2. The largest absolute Gasteiger partial charge is 0.496 e. The van der Waals surface area contributed by atoms with Gasteiger partial charge in [-0.3, -0.25) is 9.36 Å². The number of rotatable bonds is 6. The zero-order chi connectivity index (χ0) is 22.1. The van der Waals surface area contributed by atoms with Gasteiger partial charge in [0.15, 0.2) is 0 Å². The van der Waals surface area contributed by atoms with Crippen LogP contribution in [0.4, 0.5) is 13.2 Å². The van der Waals surface area contributed by atoms with Crippen LogP contribution in [-0.2, 0) is 0 Å². The fraction of sp³-hybridized carbons (Fsp3) is 0.222. The molecule has 0 aliphatic carbocycles. The molecule has 12 heteroatoms. The van der Waals surface area contributed by atoms with Crippen LogP contribution in [-0.4, -0.2) is 59.6 Å². The lowest BCUT2D eigenvalue weighted by atomic mass is 9.80. The summed E-state index contributed by atoms with van der Waals surface area (Å²) in [5.74, 6) is -0.980. The Bertz CT molecular complexity index is 1060. The molecule has 3 aromatic rings. The molecule has 0 saturated carbocycles. The van der Waals surface area contributed by atoms with Crippen molar-refractivity contribution in [3.63, 3.8) is 0 Å². The van der Waals surface area contributed by atoms with Gasteiger partial charge in [-0.15, -0.1) is 0 Å². The van der Waals surface area contributed by atoms with E-state index in [1.54, 1.807) is 16.0 Å². The third-order valence-electron chi connectivity index (χ3n) is 4.31. The molecule has 158 valence electrons. The minimum Gasteiger partial charge on any atom is -0.496 e. The summed E-state index contributed by atoms with van der Waals surface area (Å²) in [6.07, 6.45) is -3.09. The van der Waals surface area contributed by atoms with Gasteiger partial charge in [0, 0.05) is 12.1 Å². The van der Waals surface area contributed by atoms with Crippen LogP contribution in [0.1, 0.15) is 10.4 Å². The standard InChI is InChI=1S/C18H17BF3N3O5/c1-29-14-6-11(7-15(30-2)16(14)17(26)23-8-18(20,21)22)25-9-24-12-5-10(19(27)28)3-4-13(12)25/h3-7,9,27-28H,8H2,1-2H3,(H,23,26). The average Bonchev–Trinajstić information content (AvgIpc) is 3.13. The van der Waals surface area contributed by atoms with Crippen molar-refractivity contribution in [2.45, 2.75) is 6.18 Å². The van der Waals surface area contributed by atoms with Gasteiger partial charge in [-0.25, -0.2) is 4.98 Å². The molecule has 0 atom stereocenters. The molecule has 0 aliphatic heterocycles. The lowest BCUT2D eigenvalue weighted by Crippen LogP contribution is -2.34. The molecule has 0 unspecified atom stereocenters. The van der Waals surface area contributed by atoms with Gasteiger partial charge in [0.05, 0.1) is 30.9 Å². The van der Waals surface area contributed by atoms with Gasteiger partial charge in [-0.1, -0.05) is 6.07 Å². The van der Waals surface area contributed by atoms with Crippen molar-refractivity contribution >= 4 is 29.5 Å². The average molecular weight is 423 g/mol. The highest BCUT2D eigenvalue weighted by atomic mass is 19.4. The van der Waals surface area contributed by atoms with Gasteiger partial charge < -0.3 is 24.8 Å². The third kappa shape index (κ3) is 4.34. The summed E-state index contributed by atoms with van der Waals surface area (Å²) in [4.78, 5) is 16.5. The van der Waals surface area contributed by atoms with Crippen LogP contribution in [0.25, 0.3) is 16.7 Å². The summed E-state index contributed by atoms with van der Waals surface area (Å²) in [5.41, 5.74) is 1.64. The van der Waals surface area contributed by atoms with E-state index in [0.29, 0.717) is 16.7 Å². The number of fused-ring (bicyclic) bond motifs is 1. The minimum absolute atomic E-state index is 0.00766. The van der Waals surface area contributed by atoms with Crippen LogP contribution in [0.15, 0.2) is 36.7 Å². The van der Waals surface area contributed by atoms with E-state index in [-0.39, 0.29) is 22.5 Å². The van der Waals surface area contributed by atoms with E-state index in [1.807, 2.05) is 0 Å². The van der Waals surface area contributed by atoms with Crippen molar-refractivity contribution in [3.8, 4) is 17.2 Å². The highest BCUT2D eigenvalue weighted by Gasteiger charge is 2.30. The number of ether oxygens (including phenoxy) is 2. The Hall–Kier alpha value is -3.25. The van der Waals surface area contributed by atoms with Crippen molar-refractivity contribution < 1.29 is 37.5 Å². The van der Waals surface area contributed by atoms with E-state index < -0.39 is 25.7 Å². The summed E-state index contributed by atoms with van der Waals surface area (Å²) in [5, 5.41) is 20.4. The Kier molecular flexibility index (Phi) is 5.90. The van der Waals surface area contributed by atoms with Crippen molar-refractivity contribution in [1.29, 1.82) is 0 Å². The third-order valence-corrected chi connectivity index (χ3v) is 4.31. The van der Waals surface area contributed by atoms with Crippen molar-refractivity contribution in [3.05, 3.63) is 42.2 Å². The molecule has 2 aromatic carbocycles. The number of hydrogen-bond donors (Lipinski definition) is 3. The number of benzene rings is 2. The molecule has 1 amide bonds. The smallest absolute Gasteiger partial charge is 0.488 e. The second kappa shape index (κ2) is 8.24. The predicted molar refractivity (Wildman–Crippen MR) is 102 cm³/mol. The topological polar surface area (TPSA) is 106 Å². The Morgan fingerprint density at radius 3 is 2.33 bits per heavy atom. The number of carbonyl (C=O) groups is 1. The number of aromatic nitrogens is 2. The fourth-order valence-electron chi connectivity index (χ4n) is 2.93. The molecule has 1 aromatic heterocycles. The molecule has 0 fully saturated rings. The highest BCUT2D eigenvalue weighted by Crippen LogP contribution is 2.33. The lowest BCUT2D eigenvalue weighted by Gasteiger charge is -2.16. The van der Waals surface area contributed by atoms with E-state index >= 15 is 0 Å². The predicted octanol–water partition coefficient (Wildman–Crippen LogP) is 1.01. The molecular weight excluding hydrogens is 406 g/mol. The van der Waals surface area contributed by atoms with Crippen LogP contribution in [0, 0.1) is 0 Å². The molecule has 0 aliphatic rings. The first-order valence-electron chi connectivity index (χ1n) is 8.59. The molecule has 1 heterocycles. The number of carbonyl (C=O) groups excluding carboxylic acids is 1. The van der Waals surface area contributed by atoms with Crippen LogP contribution >= 0.6 is 0 Å². The number of amides is 1. The summed E-state index contributed by atoms with van der Waals surface area (Å²) in [7, 11) is 0.911. The quantitative estimate of drug-likeness (QED) is 0.512. The van der Waals surface area contributed by atoms with Gasteiger partial charge >= 0.3 is 13.3 Å². The Morgan fingerprint density at radius 1 is 1.17 bits per heavy atom. The highest BCUT2D eigenvalue weighted by molar-refractivity contribution is 6.58. The fourth-order valence-corrected chi connectivity index (χ4v) is 2.93. The number of imidazole rings is 1. The second-order valence-corrected chi connectivity index (χ2v) is 6.26. The number of nitrogens with zero attached hydrogens (tertiary/aromatic N) is 2. The number of nitrogens with one attached hydrogen (secondary N) is 1. The normalized spacial score (nSPS) is 11.4. The van der Waals surface area contributed by atoms with Gasteiger partial charge in [0.2, 0.25) is 0 Å². The zero-order valence-electron chi connectivity index (χ0n) is 15.9. The van der Waals surface area contributed by atoms with E-state index in [1.165, 1.54) is 44.8 Å². The van der Waals surface area contributed by atoms with E-state index in [2.05, 4.69) is 4.98 Å². The summed E-state index contributed by atoms with van der Waals surface area (Å²) >= 11 is 0. The van der Waals surface area contributed by atoms with Gasteiger partial charge in [-0.05, 0) is 17.6 Å². The van der Waals surface area contributed by atoms with Crippen LogP contribution < -0.4 is 20.3 Å². The second-order valence-electron chi connectivity index (χ2n) is 6.26. The molecule has 30 heavy (non-hydrogen) atoms. The van der Waals surface area contributed by atoms with Gasteiger partial charge in [0.1, 0.15) is 29.9 Å². The molecule has 3 rings (SSSR count). The van der Waals surface area contributed by atoms with E-state index in [0.717, 1.165) is 0 Å². The monoisotopic (exact) mass is 423 g/mol. The number of halogens is 3. The molecule has 3 N–H and O–H groups in total. The maximum Gasteiger partial charge on any atom is 0.488 e. The Labute approximate surface area is 169 Å². The summed E-state index contributed by atoms with van der Waals surface area (Å²) in [6, 6.07) is 7.56. The molecule has 0 saturated heterocycles. The first-order chi connectivity index (χ1) is 14.1. The Morgan fingerprint density at radius 2 is 1.80 bits per heavy atom. The van der Waals surface area contributed by atoms with E-state index in [9.17, 15) is 28.0 Å². The first kappa shape index (κ1) is 21.5. The van der Waals surface area contributed by atoms with Crippen LogP contribution in [0.2, 0.25) is 0 Å². The Balaban J connectivity index is 2.05. The molecule has 0 radical (unpaired) electrons. The van der Waals surface area contributed by atoms with Gasteiger partial charge in [0.25, 0.3) is 5.91 Å². The lowest BCUT2D eigenvalue weighted by molar-refractivity contribution is -0.123. The molecule has 8 nitrogen and oxygen atoms in total.